The molecule has 2 N–H and O–H groups in total. The number of carbonyl (C=O) groups is 2. The van der Waals surface area contributed by atoms with Crippen molar-refractivity contribution in [1.29, 1.82) is 0 Å². The number of fused-ring (bicyclic) bond motifs is 2. The Morgan fingerprint density at radius 2 is 1.86 bits per heavy atom. The highest BCUT2D eigenvalue weighted by Crippen LogP contribution is 2.43. The number of aromatic nitrogens is 3. The third kappa shape index (κ3) is 6.36. The number of carboxylic acid groups (broad SMARTS) is 1. The van der Waals surface area contributed by atoms with Crippen LogP contribution >= 0.6 is 34.7 Å². The van der Waals surface area contributed by atoms with E-state index in [4.69, 9.17) is 21.3 Å². The minimum Gasteiger partial charge on any atom is -0.465 e. The Balaban J connectivity index is 1.60. The minimum atomic E-state index is -0.971. The lowest BCUT2D eigenvalue weighted by Crippen LogP contribution is -2.59. The molecular formula is C30H34ClFN6O4S2. The number of benzene rings is 2. The lowest BCUT2D eigenvalue weighted by Gasteiger charge is -2.46. The van der Waals surface area contributed by atoms with E-state index in [1.807, 2.05) is 38.0 Å². The monoisotopic (exact) mass is 660 g/mol. The first-order chi connectivity index (χ1) is 20.6. The molecule has 0 aliphatic carbocycles. The fourth-order valence-corrected chi connectivity index (χ4v) is 6.81. The Hall–Kier alpha value is -3.42. The molecule has 1 fully saturated rings. The molecule has 0 saturated carbocycles. The van der Waals surface area contributed by atoms with Gasteiger partial charge in [-0.15, -0.1) is 0 Å². The van der Waals surface area contributed by atoms with Crippen molar-refractivity contribution >= 4 is 79.0 Å². The van der Waals surface area contributed by atoms with E-state index in [9.17, 15) is 14.7 Å². The quantitative estimate of drug-likeness (QED) is 0.166. The number of rotatable bonds is 4. The second kappa shape index (κ2) is 11.8. The lowest BCUT2D eigenvalue weighted by atomic mass is 9.84. The summed E-state index contributed by atoms with van der Waals surface area (Å²) in [4.78, 5) is 41.7. The zero-order valence-corrected chi connectivity index (χ0v) is 27.9. The maximum atomic E-state index is 16.6. The Morgan fingerprint density at radius 3 is 2.50 bits per heavy atom. The number of nitrogens with zero attached hydrogens (tertiary/aromatic N) is 5. The van der Waals surface area contributed by atoms with E-state index in [0.717, 1.165) is 4.70 Å². The average molecular weight is 661 g/mol. The summed E-state index contributed by atoms with van der Waals surface area (Å²) in [5.74, 6) is -0.119. The number of carbonyl (C=O) groups excluding carboxylic acids is 1. The third-order valence-electron chi connectivity index (χ3n) is 7.25. The standard InChI is InChI=1S/C30H34ClFN6O4S2/c1-29(2,3)19-14-37(11-12-38(19)28(40)41)24-16-13-17(31)20(21(32)23(16)34-25(35-24)43-7)15-9-8-10-18-22(15)33-26(44-18)36-27(39)42-30(4,5)6/h8-10,13,19H,11-12,14H2,1-7H3,(H,40,41)(H,33,36,39). The SMILES string of the molecule is CSc1nc(N2CCN(C(=O)O)C(C(C)(C)C)C2)c2cc(Cl)c(-c3cccc4sc(NC(=O)OC(C)(C)C)nc34)c(F)c2n1. The summed E-state index contributed by atoms with van der Waals surface area (Å²) in [7, 11) is 0. The number of piperazine rings is 1. The first kappa shape index (κ1) is 32.0. The van der Waals surface area contributed by atoms with Gasteiger partial charge in [-0.2, -0.15) is 0 Å². The van der Waals surface area contributed by atoms with Gasteiger partial charge in [0.2, 0.25) is 0 Å². The van der Waals surface area contributed by atoms with Gasteiger partial charge in [-0.05, 0) is 44.6 Å². The molecule has 2 aromatic heterocycles. The first-order valence-corrected chi connectivity index (χ1v) is 16.4. The van der Waals surface area contributed by atoms with E-state index in [1.54, 1.807) is 39.0 Å². The molecule has 5 rings (SSSR count). The maximum absolute atomic E-state index is 16.6. The zero-order valence-electron chi connectivity index (χ0n) is 25.5. The van der Waals surface area contributed by atoms with Gasteiger partial charge >= 0.3 is 12.2 Å². The lowest BCUT2D eigenvalue weighted by molar-refractivity contribution is 0.0635. The minimum absolute atomic E-state index is 0.103. The molecule has 4 aromatic rings. The molecule has 1 unspecified atom stereocenters. The molecular weight excluding hydrogens is 627 g/mol. The topological polar surface area (TPSA) is 121 Å². The molecule has 10 nitrogen and oxygen atoms in total. The number of nitrogens with one attached hydrogen (secondary N) is 1. The van der Waals surface area contributed by atoms with Crippen LogP contribution in [0.3, 0.4) is 0 Å². The molecule has 14 heteroatoms. The smallest absolute Gasteiger partial charge is 0.413 e. The summed E-state index contributed by atoms with van der Waals surface area (Å²) in [6.45, 7) is 12.3. The predicted octanol–water partition coefficient (Wildman–Crippen LogP) is 7.98. The molecule has 0 bridgehead atoms. The van der Waals surface area contributed by atoms with E-state index in [0.29, 0.717) is 45.7 Å². The molecule has 0 radical (unpaired) electrons. The van der Waals surface area contributed by atoms with Crippen molar-refractivity contribution in [3.63, 3.8) is 0 Å². The van der Waals surface area contributed by atoms with Crippen LogP contribution in [-0.2, 0) is 4.74 Å². The number of thiazole rings is 1. The van der Waals surface area contributed by atoms with Crippen LogP contribution in [0.15, 0.2) is 29.4 Å². The van der Waals surface area contributed by atoms with Crippen LogP contribution in [0.1, 0.15) is 41.5 Å². The van der Waals surface area contributed by atoms with E-state index >= 15 is 4.39 Å². The van der Waals surface area contributed by atoms with Gasteiger partial charge in [0.05, 0.1) is 21.3 Å². The van der Waals surface area contributed by atoms with E-state index in [2.05, 4.69) is 15.3 Å². The molecule has 2 amide bonds. The second-order valence-corrected chi connectivity index (χ2v) is 14.8. The molecule has 1 saturated heterocycles. The van der Waals surface area contributed by atoms with E-state index in [1.165, 1.54) is 28.0 Å². The van der Waals surface area contributed by atoms with Gasteiger partial charge < -0.3 is 19.6 Å². The summed E-state index contributed by atoms with van der Waals surface area (Å²) in [6.07, 6.45) is 0.205. The van der Waals surface area contributed by atoms with Gasteiger partial charge in [0.15, 0.2) is 16.1 Å². The summed E-state index contributed by atoms with van der Waals surface area (Å²) in [6, 6.07) is 6.68. The van der Waals surface area contributed by atoms with Crippen LogP contribution in [0, 0.1) is 11.2 Å². The third-order valence-corrected chi connectivity index (χ3v) is 9.03. The second-order valence-electron chi connectivity index (χ2n) is 12.6. The first-order valence-electron chi connectivity index (χ1n) is 14.0. The molecule has 1 aliphatic heterocycles. The van der Waals surface area contributed by atoms with Crippen LogP contribution < -0.4 is 10.2 Å². The van der Waals surface area contributed by atoms with Crippen LogP contribution in [0.5, 0.6) is 0 Å². The van der Waals surface area contributed by atoms with Crippen molar-refractivity contribution in [2.24, 2.45) is 5.41 Å². The summed E-state index contributed by atoms with van der Waals surface area (Å²) in [5, 5.41) is 13.8. The molecule has 234 valence electrons. The normalized spacial score (nSPS) is 16.1. The molecule has 1 atom stereocenters. The number of hydrogen-bond acceptors (Lipinski definition) is 9. The number of para-hydroxylation sites is 1. The van der Waals surface area contributed by atoms with Crippen LogP contribution in [0.2, 0.25) is 5.02 Å². The van der Waals surface area contributed by atoms with Crippen LogP contribution in [-0.4, -0.2) is 74.7 Å². The Morgan fingerprint density at radius 1 is 1.14 bits per heavy atom. The number of hydrogen-bond donors (Lipinski definition) is 2. The molecule has 44 heavy (non-hydrogen) atoms. The average Bonchev–Trinajstić information content (AvgIpc) is 3.33. The maximum Gasteiger partial charge on any atom is 0.413 e. The van der Waals surface area contributed by atoms with Crippen LogP contribution in [0.25, 0.3) is 32.2 Å². The summed E-state index contributed by atoms with van der Waals surface area (Å²) >= 11 is 9.36. The Kier molecular flexibility index (Phi) is 8.60. The molecule has 1 aliphatic rings. The highest BCUT2D eigenvalue weighted by Gasteiger charge is 2.39. The Labute approximate surface area is 268 Å². The van der Waals surface area contributed by atoms with Crippen molar-refractivity contribution in [1.82, 2.24) is 19.9 Å². The Bertz CT molecular complexity index is 1770. The van der Waals surface area contributed by atoms with Gasteiger partial charge in [-0.1, -0.05) is 67.6 Å². The van der Waals surface area contributed by atoms with Gasteiger partial charge in [0.25, 0.3) is 0 Å². The number of amides is 2. The van der Waals surface area contributed by atoms with Crippen molar-refractivity contribution < 1.29 is 23.8 Å². The predicted molar refractivity (Wildman–Crippen MR) is 175 cm³/mol. The molecule has 3 heterocycles. The zero-order chi connectivity index (χ0) is 32.1. The highest BCUT2D eigenvalue weighted by molar-refractivity contribution is 7.98. The largest absolute Gasteiger partial charge is 0.465 e. The van der Waals surface area contributed by atoms with Crippen molar-refractivity contribution in [2.75, 3.05) is 36.1 Å². The molecule has 2 aromatic carbocycles. The van der Waals surface area contributed by atoms with Crippen molar-refractivity contribution in [2.45, 2.75) is 58.3 Å². The van der Waals surface area contributed by atoms with E-state index in [-0.39, 0.29) is 34.1 Å². The van der Waals surface area contributed by atoms with Gasteiger partial charge in [-0.25, -0.2) is 28.9 Å². The van der Waals surface area contributed by atoms with Gasteiger partial charge in [0, 0.05) is 36.1 Å². The fourth-order valence-electron chi connectivity index (χ4n) is 5.28. The fraction of sp³-hybridized carbons (Fsp3) is 0.433. The van der Waals surface area contributed by atoms with Crippen LogP contribution in [0.4, 0.5) is 24.9 Å². The number of thioether (sulfide) groups is 1. The van der Waals surface area contributed by atoms with Gasteiger partial charge in [0.1, 0.15) is 16.9 Å². The summed E-state index contributed by atoms with van der Waals surface area (Å²) < 4.78 is 22.7. The molecule has 0 spiro atoms. The highest BCUT2D eigenvalue weighted by atomic mass is 35.5. The number of halogens is 2. The summed E-state index contributed by atoms with van der Waals surface area (Å²) in [5.41, 5.74) is 0.142. The van der Waals surface area contributed by atoms with Gasteiger partial charge in [-0.3, -0.25) is 5.32 Å². The number of ether oxygens (including phenoxy) is 1. The van der Waals surface area contributed by atoms with Crippen molar-refractivity contribution in [3.8, 4) is 11.1 Å². The van der Waals surface area contributed by atoms with E-state index < -0.39 is 23.6 Å². The number of anilines is 2. The van der Waals surface area contributed by atoms with Crippen molar-refractivity contribution in [3.05, 3.63) is 35.1 Å².